The highest BCUT2D eigenvalue weighted by Crippen LogP contribution is 2.27. The minimum absolute atomic E-state index is 0.244. The van der Waals surface area contributed by atoms with Crippen LogP contribution in [-0.2, 0) is 9.53 Å². The first-order valence-electron chi connectivity index (χ1n) is 9.48. The molecule has 1 N–H and O–H groups in total. The molecule has 4 rings (SSSR count). The third-order valence-corrected chi connectivity index (χ3v) is 5.37. The highest BCUT2D eigenvalue weighted by atomic mass is 32.1. The number of carbonyl (C=O) groups excluding carboxylic acids is 2. The van der Waals surface area contributed by atoms with E-state index in [0.717, 1.165) is 15.6 Å². The van der Waals surface area contributed by atoms with E-state index in [1.165, 1.54) is 17.4 Å². The molecule has 0 saturated carbocycles. The molecular formula is C22H18N2O6S. The van der Waals surface area contributed by atoms with Crippen LogP contribution in [0.25, 0.3) is 21.2 Å². The van der Waals surface area contributed by atoms with Crippen LogP contribution in [0.1, 0.15) is 22.8 Å². The largest absolute Gasteiger partial charge is 0.484 e. The van der Waals surface area contributed by atoms with Crippen LogP contribution >= 0.6 is 11.3 Å². The molecule has 31 heavy (non-hydrogen) atoms. The van der Waals surface area contributed by atoms with Gasteiger partial charge in [-0.15, -0.1) is 0 Å². The Morgan fingerprint density at radius 3 is 2.81 bits per heavy atom. The number of fused-ring (bicyclic) bond motifs is 2. The van der Waals surface area contributed by atoms with Crippen molar-refractivity contribution in [1.82, 2.24) is 4.98 Å². The Balaban J connectivity index is 1.42. The van der Waals surface area contributed by atoms with Crippen LogP contribution in [0.15, 0.2) is 51.7 Å². The van der Waals surface area contributed by atoms with Gasteiger partial charge >= 0.3 is 11.6 Å². The van der Waals surface area contributed by atoms with Gasteiger partial charge in [-0.3, -0.25) is 10.1 Å². The van der Waals surface area contributed by atoms with Crippen LogP contribution < -0.4 is 15.7 Å². The van der Waals surface area contributed by atoms with Gasteiger partial charge in [0.05, 0.1) is 22.4 Å². The lowest BCUT2D eigenvalue weighted by Crippen LogP contribution is -2.20. The van der Waals surface area contributed by atoms with Gasteiger partial charge in [0.25, 0.3) is 5.91 Å². The van der Waals surface area contributed by atoms with Gasteiger partial charge in [0.15, 0.2) is 11.7 Å². The molecule has 8 nitrogen and oxygen atoms in total. The summed E-state index contributed by atoms with van der Waals surface area (Å²) in [7, 11) is 0. The average Bonchev–Trinajstić information content (AvgIpc) is 3.13. The van der Waals surface area contributed by atoms with Gasteiger partial charge in [-0.2, -0.15) is 0 Å². The lowest BCUT2D eigenvalue weighted by molar-refractivity contribution is -0.118. The number of nitrogens with zero attached hydrogens (tertiary/aromatic N) is 1. The molecule has 0 fully saturated rings. The Kier molecular flexibility index (Phi) is 5.68. The van der Waals surface area contributed by atoms with E-state index in [2.05, 4.69) is 10.3 Å². The second-order valence-electron chi connectivity index (χ2n) is 6.67. The Labute approximate surface area is 180 Å². The van der Waals surface area contributed by atoms with Crippen LogP contribution in [0.5, 0.6) is 5.75 Å². The first kappa shape index (κ1) is 20.5. The van der Waals surface area contributed by atoms with E-state index in [-0.39, 0.29) is 6.61 Å². The zero-order valence-corrected chi connectivity index (χ0v) is 17.6. The van der Waals surface area contributed by atoms with Crippen molar-refractivity contribution in [3.63, 3.8) is 0 Å². The smallest absolute Gasteiger partial charge is 0.338 e. The van der Waals surface area contributed by atoms with Gasteiger partial charge in [0.1, 0.15) is 11.3 Å². The monoisotopic (exact) mass is 438 g/mol. The maximum Gasteiger partial charge on any atom is 0.338 e. The number of nitrogens with one attached hydrogen (secondary N) is 1. The van der Waals surface area contributed by atoms with Crippen molar-refractivity contribution in [3.05, 3.63) is 64.0 Å². The Morgan fingerprint density at radius 1 is 1.16 bits per heavy atom. The number of amides is 1. The Hall–Kier alpha value is -3.72. The number of thiazole rings is 1. The second kappa shape index (κ2) is 8.57. The van der Waals surface area contributed by atoms with Crippen LogP contribution in [0.4, 0.5) is 5.13 Å². The highest BCUT2D eigenvalue weighted by molar-refractivity contribution is 7.22. The van der Waals surface area contributed by atoms with Crippen molar-refractivity contribution in [3.8, 4) is 5.75 Å². The molecular weight excluding hydrogens is 420 g/mol. The molecule has 2 aromatic heterocycles. The van der Waals surface area contributed by atoms with Crippen molar-refractivity contribution in [2.45, 2.75) is 13.8 Å². The van der Waals surface area contributed by atoms with Crippen molar-refractivity contribution < 1.29 is 23.5 Å². The van der Waals surface area contributed by atoms with Gasteiger partial charge in [0, 0.05) is 17.5 Å². The molecule has 9 heteroatoms. The van der Waals surface area contributed by atoms with Gasteiger partial charge < -0.3 is 13.9 Å². The lowest BCUT2D eigenvalue weighted by Gasteiger charge is -2.07. The zero-order valence-electron chi connectivity index (χ0n) is 16.8. The molecule has 0 aliphatic carbocycles. The number of ether oxygens (including phenoxy) is 2. The van der Waals surface area contributed by atoms with E-state index in [1.54, 1.807) is 43.3 Å². The van der Waals surface area contributed by atoms with Crippen LogP contribution in [-0.4, -0.2) is 30.1 Å². The molecule has 2 aromatic carbocycles. The van der Waals surface area contributed by atoms with E-state index in [0.29, 0.717) is 34.2 Å². The maximum absolute atomic E-state index is 12.3. The summed E-state index contributed by atoms with van der Waals surface area (Å²) in [4.78, 5) is 40.0. The fourth-order valence-electron chi connectivity index (χ4n) is 3.02. The first-order valence-corrected chi connectivity index (χ1v) is 10.3. The molecule has 1 amide bonds. The number of rotatable bonds is 6. The topological polar surface area (TPSA) is 108 Å². The molecule has 0 bridgehead atoms. The summed E-state index contributed by atoms with van der Waals surface area (Å²) in [5, 5.41) is 3.88. The number of anilines is 1. The highest BCUT2D eigenvalue weighted by Gasteiger charge is 2.12. The summed E-state index contributed by atoms with van der Waals surface area (Å²) >= 11 is 1.25. The summed E-state index contributed by atoms with van der Waals surface area (Å²) in [6, 6.07) is 11.5. The maximum atomic E-state index is 12.3. The van der Waals surface area contributed by atoms with E-state index in [4.69, 9.17) is 13.9 Å². The fourth-order valence-corrected chi connectivity index (χ4v) is 3.94. The van der Waals surface area contributed by atoms with E-state index < -0.39 is 17.5 Å². The quantitative estimate of drug-likeness (QED) is 0.359. The van der Waals surface area contributed by atoms with Crippen LogP contribution in [0, 0.1) is 6.92 Å². The van der Waals surface area contributed by atoms with Gasteiger partial charge in [-0.25, -0.2) is 14.6 Å². The predicted octanol–water partition coefficient (Wildman–Crippen LogP) is 3.91. The van der Waals surface area contributed by atoms with E-state index >= 15 is 0 Å². The van der Waals surface area contributed by atoms with Crippen molar-refractivity contribution in [1.29, 1.82) is 0 Å². The van der Waals surface area contributed by atoms with Crippen molar-refractivity contribution in [2.75, 3.05) is 18.5 Å². The number of aromatic nitrogens is 1. The summed E-state index contributed by atoms with van der Waals surface area (Å²) in [6.07, 6.45) is 0. The van der Waals surface area contributed by atoms with Crippen molar-refractivity contribution in [2.24, 2.45) is 0 Å². The molecule has 0 aliphatic heterocycles. The molecule has 2 heterocycles. The number of carbonyl (C=O) groups is 2. The molecule has 0 spiro atoms. The normalized spacial score (nSPS) is 10.9. The zero-order chi connectivity index (χ0) is 22.0. The molecule has 0 aliphatic rings. The van der Waals surface area contributed by atoms with Gasteiger partial charge in [-0.1, -0.05) is 11.3 Å². The molecule has 0 saturated heterocycles. The summed E-state index contributed by atoms with van der Waals surface area (Å²) in [5.41, 5.74) is 1.84. The van der Waals surface area contributed by atoms with Gasteiger partial charge in [0.2, 0.25) is 0 Å². The summed E-state index contributed by atoms with van der Waals surface area (Å²) in [6.45, 7) is 3.62. The van der Waals surface area contributed by atoms with Gasteiger partial charge in [-0.05, 0) is 49.7 Å². The lowest BCUT2D eigenvalue weighted by atomic mass is 10.1. The third-order valence-electron chi connectivity index (χ3n) is 4.44. The standard InChI is InChI=1S/C22H18N2O6S/c1-3-28-21(27)13-4-7-16-18(9-13)31-22(23-16)24-19(25)11-29-14-5-6-15-12(2)8-20(26)30-17(15)10-14/h4-10H,3,11H2,1-2H3,(H,23,24,25). The first-order chi connectivity index (χ1) is 14.9. The minimum atomic E-state index is -0.443. The molecule has 4 aromatic rings. The molecule has 158 valence electrons. The second-order valence-corrected chi connectivity index (χ2v) is 7.70. The third kappa shape index (κ3) is 4.56. The van der Waals surface area contributed by atoms with E-state index in [9.17, 15) is 14.4 Å². The number of esters is 1. The fraction of sp³-hybridized carbons (Fsp3) is 0.182. The van der Waals surface area contributed by atoms with Crippen LogP contribution in [0.2, 0.25) is 0 Å². The Bertz CT molecular complexity index is 1360. The molecule has 0 radical (unpaired) electrons. The molecule has 0 unspecified atom stereocenters. The number of hydrogen-bond acceptors (Lipinski definition) is 8. The summed E-state index contributed by atoms with van der Waals surface area (Å²) in [5.74, 6) is -0.395. The Morgan fingerprint density at radius 2 is 2.00 bits per heavy atom. The predicted molar refractivity (Wildman–Crippen MR) is 117 cm³/mol. The average molecular weight is 438 g/mol. The number of hydrogen-bond donors (Lipinski definition) is 1. The number of aryl methyl sites for hydroxylation is 1. The number of benzene rings is 2. The SMILES string of the molecule is CCOC(=O)c1ccc2nc(NC(=O)COc3ccc4c(C)cc(=O)oc4c3)sc2c1. The minimum Gasteiger partial charge on any atom is -0.484 e. The summed E-state index contributed by atoms with van der Waals surface area (Å²) < 4.78 is 16.5. The van der Waals surface area contributed by atoms with E-state index in [1.807, 2.05) is 6.92 Å². The van der Waals surface area contributed by atoms with Crippen LogP contribution in [0.3, 0.4) is 0 Å². The van der Waals surface area contributed by atoms with Crippen molar-refractivity contribution >= 4 is 49.5 Å². The molecule has 0 atom stereocenters.